The summed E-state index contributed by atoms with van der Waals surface area (Å²) in [5.74, 6) is -1.22. The zero-order chi connectivity index (χ0) is 18.4. The van der Waals surface area contributed by atoms with Gasteiger partial charge in [-0.1, -0.05) is 12.1 Å². The first kappa shape index (κ1) is 19.0. The maximum Gasteiger partial charge on any atom is 0.422 e. The molecule has 0 bridgehead atoms. The second-order valence-corrected chi connectivity index (χ2v) is 5.79. The van der Waals surface area contributed by atoms with Crippen LogP contribution in [-0.2, 0) is 16.1 Å². The smallest absolute Gasteiger partial charge is 0.422 e. The van der Waals surface area contributed by atoms with Crippen LogP contribution in [0.4, 0.5) is 13.2 Å². The zero-order valence-corrected chi connectivity index (χ0v) is 13.4. The lowest BCUT2D eigenvalue weighted by atomic mass is 10.2. The quantitative estimate of drug-likeness (QED) is 0.775. The lowest BCUT2D eigenvalue weighted by Gasteiger charge is -2.20. The number of likely N-dealkylation sites (tertiary alicyclic amines) is 1. The van der Waals surface area contributed by atoms with Gasteiger partial charge in [0.1, 0.15) is 11.8 Å². The number of amides is 1. The lowest BCUT2D eigenvalue weighted by Crippen LogP contribution is -2.42. The number of halogens is 3. The fourth-order valence-corrected chi connectivity index (χ4v) is 2.65. The number of ether oxygens (including phenoxy) is 1. The molecule has 0 unspecified atom stereocenters. The molecule has 1 saturated heterocycles. The van der Waals surface area contributed by atoms with Crippen molar-refractivity contribution in [2.75, 3.05) is 19.7 Å². The van der Waals surface area contributed by atoms with Crippen LogP contribution in [0.5, 0.6) is 5.75 Å². The molecule has 1 aromatic carbocycles. The van der Waals surface area contributed by atoms with Crippen molar-refractivity contribution in [3.63, 3.8) is 0 Å². The average Bonchev–Trinajstić information content (AvgIpc) is 2.99. The van der Waals surface area contributed by atoms with Gasteiger partial charge in [0.05, 0.1) is 6.54 Å². The summed E-state index contributed by atoms with van der Waals surface area (Å²) in [6.07, 6.45) is -3.18. The molecule has 1 amide bonds. The van der Waals surface area contributed by atoms with Gasteiger partial charge >= 0.3 is 12.1 Å². The third-order valence-electron chi connectivity index (χ3n) is 3.79. The Bertz CT molecular complexity index is 622. The first-order valence-electron chi connectivity index (χ1n) is 7.76. The van der Waals surface area contributed by atoms with Crippen LogP contribution in [0.25, 0.3) is 0 Å². The van der Waals surface area contributed by atoms with Crippen LogP contribution < -0.4 is 10.1 Å². The summed E-state index contributed by atoms with van der Waals surface area (Å²) < 4.78 is 41.1. The summed E-state index contributed by atoms with van der Waals surface area (Å²) in [6.45, 7) is -0.742. The van der Waals surface area contributed by atoms with Crippen LogP contribution in [0.3, 0.4) is 0 Å². The van der Waals surface area contributed by atoms with E-state index >= 15 is 0 Å². The monoisotopic (exact) mass is 360 g/mol. The summed E-state index contributed by atoms with van der Waals surface area (Å²) in [6, 6.07) is 5.36. The third-order valence-corrected chi connectivity index (χ3v) is 3.79. The van der Waals surface area contributed by atoms with Crippen LogP contribution >= 0.6 is 0 Å². The van der Waals surface area contributed by atoms with E-state index in [1.165, 1.54) is 18.2 Å². The van der Waals surface area contributed by atoms with Gasteiger partial charge in [-0.05, 0) is 37.1 Å². The highest BCUT2D eigenvalue weighted by atomic mass is 19.4. The molecule has 0 aliphatic carbocycles. The summed E-state index contributed by atoms with van der Waals surface area (Å²) in [5, 5.41) is 11.7. The van der Waals surface area contributed by atoms with Crippen LogP contribution in [-0.4, -0.2) is 53.8 Å². The molecule has 138 valence electrons. The van der Waals surface area contributed by atoms with Gasteiger partial charge in [-0.2, -0.15) is 13.2 Å². The van der Waals surface area contributed by atoms with E-state index in [1.807, 2.05) is 0 Å². The zero-order valence-electron chi connectivity index (χ0n) is 13.4. The summed E-state index contributed by atoms with van der Waals surface area (Å²) >= 11 is 0. The van der Waals surface area contributed by atoms with Gasteiger partial charge in [-0.15, -0.1) is 0 Å². The number of carbonyl (C=O) groups excluding carboxylic acids is 1. The molecule has 1 fully saturated rings. The molecule has 1 aromatic rings. The number of hydrogen-bond acceptors (Lipinski definition) is 4. The molecule has 0 aromatic heterocycles. The Morgan fingerprint density at radius 1 is 1.36 bits per heavy atom. The van der Waals surface area contributed by atoms with Crippen molar-refractivity contribution in [1.29, 1.82) is 0 Å². The molecule has 9 heteroatoms. The van der Waals surface area contributed by atoms with E-state index in [2.05, 4.69) is 10.1 Å². The van der Waals surface area contributed by atoms with E-state index in [-0.39, 0.29) is 24.7 Å². The number of aliphatic carboxylic acids is 1. The minimum Gasteiger partial charge on any atom is -0.484 e. The second kappa shape index (κ2) is 8.19. The normalized spacial score (nSPS) is 18.1. The summed E-state index contributed by atoms with van der Waals surface area (Å²) in [7, 11) is 0. The van der Waals surface area contributed by atoms with Gasteiger partial charge in [0.15, 0.2) is 6.61 Å². The van der Waals surface area contributed by atoms with E-state index < -0.39 is 24.8 Å². The number of carboxylic acids is 1. The Morgan fingerprint density at radius 2 is 2.12 bits per heavy atom. The fraction of sp³-hybridized carbons (Fsp3) is 0.500. The van der Waals surface area contributed by atoms with Crippen LogP contribution in [0.15, 0.2) is 24.3 Å². The predicted molar refractivity (Wildman–Crippen MR) is 82.1 cm³/mol. The molecule has 1 aliphatic rings. The van der Waals surface area contributed by atoms with Crippen LogP contribution in [0.1, 0.15) is 18.4 Å². The molecule has 2 rings (SSSR count). The number of carboxylic acid groups (broad SMARTS) is 1. The Kier molecular flexibility index (Phi) is 6.24. The molecule has 1 atom stereocenters. The molecule has 1 aliphatic heterocycles. The van der Waals surface area contributed by atoms with Gasteiger partial charge in [0, 0.05) is 6.54 Å². The maximum absolute atomic E-state index is 12.1. The molecule has 1 heterocycles. The van der Waals surface area contributed by atoms with E-state index in [9.17, 15) is 22.8 Å². The number of alkyl halides is 3. The number of benzene rings is 1. The van der Waals surface area contributed by atoms with Crippen molar-refractivity contribution in [3.05, 3.63) is 29.8 Å². The van der Waals surface area contributed by atoms with Crippen molar-refractivity contribution in [1.82, 2.24) is 10.2 Å². The maximum atomic E-state index is 12.1. The average molecular weight is 360 g/mol. The van der Waals surface area contributed by atoms with Crippen molar-refractivity contribution in [2.24, 2.45) is 0 Å². The first-order chi connectivity index (χ1) is 11.7. The van der Waals surface area contributed by atoms with E-state index in [4.69, 9.17) is 5.11 Å². The van der Waals surface area contributed by atoms with E-state index in [1.54, 1.807) is 11.0 Å². The van der Waals surface area contributed by atoms with Crippen LogP contribution in [0, 0.1) is 0 Å². The number of carbonyl (C=O) groups is 2. The van der Waals surface area contributed by atoms with Gasteiger partial charge in [-0.3, -0.25) is 14.5 Å². The summed E-state index contributed by atoms with van der Waals surface area (Å²) in [4.78, 5) is 24.6. The highest BCUT2D eigenvalue weighted by Crippen LogP contribution is 2.19. The molecular formula is C16H19F3N2O4. The minimum atomic E-state index is -4.42. The molecule has 2 N–H and O–H groups in total. The summed E-state index contributed by atoms with van der Waals surface area (Å²) in [5.41, 5.74) is 0.587. The van der Waals surface area contributed by atoms with Gasteiger partial charge in [0.25, 0.3) is 0 Å². The Labute approximate surface area is 142 Å². The second-order valence-electron chi connectivity index (χ2n) is 5.79. The fourth-order valence-electron chi connectivity index (χ4n) is 2.65. The van der Waals surface area contributed by atoms with Gasteiger partial charge in [-0.25, -0.2) is 0 Å². The van der Waals surface area contributed by atoms with Crippen molar-refractivity contribution < 1.29 is 32.6 Å². The van der Waals surface area contributed by atoms with E-state index in [0.29, 0.717) is 18.5 Å². The Balaban J connectivity index is 1.82. The number of nitrogens with one attached hydrogen (secondary N) is 1. The van der Waals surface area contributed by atoms with E-state index in [0.717, 1.165) is 6.42 Å². The topological polar surface area (TPSA) is 78.9 Å². The first-order valence-corrected chi connectivity index (χ1v) is 7.76. The predicted octanol–water partition coefficient (Wildman–Crippen LogP) is 1.79. The van der Waals surface area contributed by atoms with Gasteiger partial charge < -0.3 is 15.2 Å². The highest BCUT2D eigenvalue weighted by molar-refractivity contribution is 5.80. The molecule has 25 heavy (non-hydrogen) atoms. The SMILES string of the molecule is O=C(CN1CCC[C@@H]1C(=O)O)NCc1cccc(OCC(F)(F)F)c1. The largest absolute Gasteiger partial charge is 0.484 e. The van der Waals surface area contributed by atoms with Gasteiger partial charge in [0.2, 0.25) is 5.91 Å². The lowest BCUT2D eigenvalue weighted by molar-refractivity contribution is -0.153. The molecular weight excluding hydrogens is 341 g/mol. The molecule has 6 nitrogen and oxygen atoms in total. The number of rotatable bonds is 7. The highest BCUT2D eigenvalue weighted by Gasteiger charge is 2.31. The third kappa shape index (κ3) is 6.26. The minimum absolute atomic E-state index is 0.0266. The molecule has 0 spiro atoms. The number of hydrogen-bond donors (Lipinski definition) is 2. The van der Waals surface area contributed by atoms with Crippen molar-refractivity contribution >= 4 is 11.9 Å². The Hall–Kier alpha value is -2.29. The number of nitrogens with zero attached hydrogens (tertiary/aromatic N) is 1. The standard InChI is InChI=1S/C16H19F3N2O4/c17-16(18,19)10-25-12-4-1-3-11(7-12)8-20-14(22)9-21-6-2-5-13(21)15(23)24/h1,3-4,7,13H,2,5-6,8-10H2,(H,20,22)(H,23,24)/t13-/m1/s1. The van der Waals surface area contributed by atoms with Crippen molar-refractivity contribution in [3.8, 4) is 5.75 Å². The molecule has 0 radical (unpaired) electrons. The van der Waals surface area contributed by atoms with Crippen LogP contribution in [0.2, 0.25) is 0 Å². The van der Waals surface area contributed by atoms with Crippen molar-refractivity contribution in [2.45, 2.75) is 31.6 Å². The Morgan fingerprint density at radius 3 is 2.80 bits per heavy atom. The molecule has 0 saturated carbocycles.